The Hall–Kier alpha value is -2.97. The molecule has 150 valence electrons. The summed E-state index contributed by atoms with van der Waals surface area (Å²) in [6.45, 7) is 6.62. The highest BCUT2D eigenvalue weighted by atomic mass is 19.1. The number of hydrogen-bond donors (Lipinski definition) is 4. The molecule has 1 aromatic carbocycles. The van der Waals surface area contributed by atoms with Crippen LogP contribution in [0, 0.1) is 25.6 Å². The molecule has 1 amide bonds. The maximum atomic E-state index is 15.0. The van der Waals surface area contributed by atoms with Gasteiger partial charge in [0.15, 0.2) is 0 Å². The number of aromatic nitrogens is 1. The average Bonchev–Trinajstić information content (AvgIpc) is 3.35. The molecule has 7 nitrogen and oxygen atoms in total. The third-order valence-corrected chi connectivity index (χ3v) is 5.78. The van der Waals surface area contributed by atoms with Crippen LogP contribution in [-0.2, 0) is 4.79 Å². The maximum Gasteiger partial charge on any atom is 0.256 e. The highest BCUT2D eigenvalue weighted by molar-refractivity contribution is 6.32. The van der Waals surface area contributed by atoms with E-state index in [1.165, 1.54) is 6.07 Å². The molecule has 0 atom stereocenters. The maximum absolute atomic E-state index is 15.0. The van der Waals surface area contributed by atoms with Crippen LogP contribution >= 0.6 is 0 Å². The Labute approximate surface area is 167 Å². The Morgan fingerprint density at radius 1 is 1.17 bits per heavy atom. The lowest BCUT2D eigenvalue weighted by Gasteiger charge is -2.22. The number of halogens is 1. The predicted octanol–water partition coefficient (Wildman–Crippen LogP) is 2.37. The van der Waals surface area contributed by atoms with E-state index in [1.807, 2.05) is 19.9 Å². The average molecular weight is 395 g/mol. The Morgan fingerprint density at radius 3 is 2.76 bits per heavy atom. The molecule has 8 heteroatoms. The fourth-order valence-corrected chi connectivity index (χ4v) is 4.27. The van der Waals surface area contributed by atoms with Crippen molar-refractivity contribution in [2.24, 2.45) is 5.92 Å². The van der Waals surface area contributed by atoms with E-state index in [4.69, 9.17) is 4.74 Å². The number of anilines is 2. The minimum atomic E-state index is -0.443. The molecule has 0 unspecified atom stereocenters. The van der Waals surface area contributed by atoms with Crippen LogP contribution in [0.1, 0.15) is 16.7 Å². The van der Waals surface area contributed by atoms with E-state index in [0.29, 0.717) is 30.2 Å². The van der Waals surface area contributed by atoms with Gasteiger partial charge >= 0.3 is 0 Å². The van der Waals surface area contributed by atoms with Crippen LogP contribution in [0.5, 0.6) is 5.88 Å². The molecule has 0 aliphatic carbocycles. The first-order chi connectivity index (χ1) is 14.0. The van der Waals surface area contributed by atoms with Crippen LogP contribution in [0.15, 0.2) is 18.3 Å². The number of ether oxygens (including phenoxy) is 1. The lowest BCUT2D eigenvalue weighted by Crippen LogP contribution is -2.21. The van der Waals surface area contributed by atoms with E-state index in [-0.39, 0.29) is 17.5 Å². The van der Waals surface area contributed by atoms with Gasteiger partial charge in [0.25, 0.3) is 5.91 Å². The molecule has 4 heterocycles. The van der Waals surface area contributed by atoms with Gasteiger partial charge in [-0.3, -0.25) is 15.6 Å². The van der Waals surface area contributed by atoms with Crippen molar-refractivity contribution in [3.63, 3.8) is 0 Å². The summed E-state index contributed by atoms with van der Waals surface area (Å²) < 4.78 is 20.6. The summed E-state index contributed by atoms with van der Waals surface area (Å²) in [7, 11) is 0. The van der Waals surface area contributed by atoms with Crippen molar-refractivity contribution in [2.75, 3.05) is 36.9 Å². The summed E-state index contributed by atoms with van der Waals surface area (Å²) in [4.78, 5) is 17.0. The number of nitrogens with zero attached hydrogens (tertiary/aromatic N) is 1. The zero-order chi connectivity index (χ0) is 20.1. The smallest absolute Gasteiger partial charge is 0.256 e. The van der Waals surface area contributed by atoms with E-state index < -0.39 is 5.82 Å². The summed E-state index contributed by atoms with van der Waals surface area (Å²) in [5, 5.41) is 6.02. The molecule has 0 radical (unpaired) electrons. The van der Waals surface area contributed by atoms with E-state index in [1.54, 1.807) is 6.20 Å². The van der Waals surface area contributed by atoms with Gasteiger partial charge in [0.1, 0.15) is 18.1 Å². The standard InChI is InChI=1S/C21H22FN5O2/c1-10-13(15-9-24-21-18(11(15)2)23-3-4-29-21)6-16(22)19-17(10)14(20(28)27-19)5-12-7-25-26-8-12/h5-6,9,12,23,25-26H,3-4,7-8H2,1-2H3,(H,27,28)/b14-5-. The van der Waals surface area contributed by atoms with E-state index in [2.05, 4.69) is 26.5 Å². The van der Waals surface area contributed by atoms with Crippen LogP contribution in [0.3, 0.4) is 0 Å². The lowest BCUT2D eigenvalue weighted by molar-refractivity contribution is -0.110. The van der Waals surface area contributed by atoms with Crippen molar-refractivity contribution in [3.8, 4) is 17.0 Å². The van der Waals surface area contributed by atoms with Crippen LogP contribution < -0.4 is 26.2 Å². The number of carbonyl (C=O) groups is 1. The lowest BCUT2D eigenvalue weighted by atomic mass is 9.90. The number of hydrogen-bond acceptors (Lipinski definition) is 6. The van der Waals surface area contributed by atoms with Crippen molar-refractivity contribution < 1.29 is 13.9 Å². The van der Waals surface area contributed by atoms with Crippen molar-refractivity contribution in [1.82, 2.24) is 15.8 Å². The molecule has 1 fully saturated rings. The van der Waals surface area contributed by atoms with Crippen LogP contribution in [0.2, 0.25) is 0 Å². The van der Waals surface area contributed by atoms with E-state index in [0.717, 1.165) is 41.0 Å². The first-order valence-electron chi connectivity index (χ1n) is 9.73. The largest absolute Gasteiger partial charge is 0.474 e. The van der Waals surface area contributed by atoms with Gasteiger partial charge in [-0.15, -0.1) is 0 Å². The van der Waals surface area contributed by atoms with Crippen molar-refractivity contribution in [3.05, 3.63) is 40.8 Å². The second-order valence-corrected chi connectivity index (χ2v) is 7.59. The minimum absolute atomic E-state index is 0.168. The summed E-state index contributed by atoms with van der Waals surface area (Å²) in [6, 6.07) is 1.48. The molecule has 0 saturated carbocycles. The molecular formula is C21H22FN5O2. The highest BCUT2D eigenvalue weighted by Gasteiger charge is 2.32. The second kappa shape index (κ2) is 6.82. The zero-order valence-corrected chi connectivity index (χ0v) is 16.3. The molecule has 5 rings (SSSR count). The number of amides is 1. The molecular weight excluding hydrogens is 373 g/mol. The SMILES string of the molecule is Cc1c(-c2cc(F)c3c(c2C)/C(=C/C2CNNC2)C(=O)N3)cnc2c1NCCO2. The van der Waals surface area contributed by atoms with E-state index >= 15 is 4.39 Å². The predicted molar refractivity (Wildman–Crippen MR) is 109 cm³/mol. The molecule has 0 bridgehead atoms. The number of benzene rings is 1. The number of nitrogens with one attached hydrogen (secondary N) is 4. The number of rotatable bonds is 2. The third-order valence-electron chi connectivity index (χ3n) is 5.78. The highest BCUT2D eigenvalue weighted by Crippen LogP contribution is 2.44. The van der Waals surface area contributed by atoms with Crippen molar-refractivity contribution in [1.29, 1.82) is 0 Å². The summed E-state index contributed by atoms with van der Waals surface area (Å²) in [6.07, 6.45) is 3.64. The van der Waals surface area contributed by atoms with Crippen molar-refractivity contribution >= 4 is 22.9 Å². The van der Waals surface area contributed by atoms with Gasteiger partial charge in [-0.05, 0) is 36.6 Å². The Bertz CT molecular complexity index is 1060. The van der Waals surface area contributed by atoms with Gasteiger partial charge in [0, 0.05) is 48.4 Å². The molecule has 3 aliphatic rings. The summed E-state index contributed by atoms with van der Waals surface area (Å²) in [5.41, 5.74) is 11.7. The first kappa shape index (κ1) is 18.1. The monoisotopic (exact) mass is 395 g/mol. The van der Waals surface area contributed by atoms with Crippen molar-refractivity contribution in [2.45, 2.75) is 13.8 Å². The van der Waals surface area contributed by atoms with Crippen LogP contribution in [0.25, 0.3) is 16.7 Å². The topological polar surface area (TPSA) is 87.3 Å². The summed E-state index contributed by atoms with van der Waals surface area (Å²) >= 11 is 0. The second-order valence-electron chi connectivity index (χ2n) is 7.59. The Balaban J connectivity index is 1.67. The first-order valence-corrected chi connectivity index (χ1v) is 9.73. The molecule has 4 N–H and O–H groups in total. The van der Waals surface area contributed by atoms with Gasteiger partial charge in [-0.25, -0.2) is 9.37 Å². The number of hydrazine groups is 1. The fourth-order valence-electron chi connectivity index (χ4n) is 4.27. The minimum Gasteiger partial charge on any atom is -0.474 e. The van der Waals surface area contributed by atoms with E-state index in [9.17, 15) is 4.79 Å². The van der Waals surface area contributed by atoms with Gasteiger partial charge < -0.3 is 15.4 Å². The molecule has 1 aromatic heterocycles. The van der Waals surface area contributed by atoms with Gasteiger partial charge in [-0.2, -0.15) is 0 Å². The van der Waals surface area contributed by atoms with Gasteiger partial charge in [-0.1, -0.05) is 6.08 Å². The fraction of sp³-hybridized carbons (Fsp3) is 0.333. The quantitative estimate of drug-likeness (QED) is 0.584. The van der Waals surface area contributed by atoms with Crippen LogP contribution in [0.4, 0.5) is 15.8 Å². The Morgan fingerprint density at radius 2 is 1.97 bits per heavy atom. The normalized spacial score (nSPS) is 19.6. The van der Waals surface area contributed by atoms with Gasteiger partial charge in [0.05, 0.1) is 5.69 Å². The third kappa shape index (κ3) is 2.87. The molecule has 1 saturated heterocycles. The zero-order valence-electron chi connectivity index (χ0n) is 16.3. The van der Waals surface area contributed by atoms with Gasteiger partial charge in [0.2, 0.25) is 5.88 Å². The molecule has 3 aliphatic heterocycles. The molecule has 0 spiro atoms. The molecule has 2 aromatic rings. The van der Waals surface area contributed by atoms with Crippen LogP contribution in [-0.4, -0.2) is 37.1 Å². The number of pyridine rings is 1. The molecule has 29 heavy (non-hydrogen) atoms. The Kier molecular flexibility index (Phi) is 4.25. The summed E-state index contributed by atoms with van der Waals surface area (Å²) in [5.74, 6) is 0.0273. The number of carbonyl (C=O) groups excluding carboxylic acids is 1. The number of fused-ring (bicyclic) bond motifs is 2.